The van der Waals surface area contributed by atoms with Crippen LogP contribution in [0, 0.1) is 0 Å². The molecule has 2 atom stereocenters. The number of hydrogen-bond acceptors (Lipinski definition) is 4. The molecule has 0 bridgehead atoms. The first kappa shape index (κ1) is 15.9. The van der Waals surface area contributed by atoms with Gasteiger partial charge < -0.3 is 14.8 Å². The second kappa shape index (κ2) is 9.73. The average molecular weight is 258 g/mol. The minimum atomic E-state index is 0.568. The van der Waals surface area contributed by atoms with E-state index in [2.05, 4.69) is 24.2 Å². The fourth-order valence-corrected chi connectivity index (χ4v) is 2.64. The molecule has 4 heteroatoms. The summed E-state index contributed by atoms with van der Waals surface area (Å²) >= 11 is 0. The van der Waals surface area contributed by atoms with E-state index in [4.69, 9.17) is 9.47 Å². The normalized spacial score (nSPS) is 23.2. The zero-order valence-corrected chi connectivity index (χ0v) is 12.3. The number of nitrogens with one attached hydrogen (secondary N) is 1. The second-order valence-corrected chi connectivity index (χ2v) is 5.14. The third kappa shape index (κ3) is 5.65. The van der Waals surface area contributed by atoms with E-state index in [0.717, 1.165) is 32.8 Å². The first-order valence-corrected chi connectivity index (χ1v) is 7.27. The molecular formula is C14H30N2O2. The van der Waals surface area contributed by atoms with Crippen molar-refractivity contribution in [1.82, 2.24) is 10.2 Å². The van der Waals surface area contributed by atoms with E-state index in [1.54, 1.807) is 7.11 Å². The highest BCUT2D eigenvalue weighted by Crippen LogP contribution is 2.19. The summed E-state index contributed by atoms with van der Waals surface area (Å²) < 4.78 is 10.7. The van der Waals surface area contributed by atoms with Gasteiger partial charge in [-0.3, -0.25) is 4.90 Å². The van der Waals surface area contributed by atoms with Gasteiger partial charge in [-0.05, 0) is 39.8 Å². The molecule has 1 rings (SSSR count). The van der Waals surface area contributed by atoms with Crippen molar-refractivity contribution in [3.05, 3.63) is 0 Å². The van der Waals surface area contributed by atoms with E-state index in [-0.39, 0.29) is 0 Å². The molecule has 0 aliphatic carbocycles. The van der Waals surface area contributed by atoms with Gasteiger partial charge in [-0.25, -0.2) is 0 Å². The molecule has 0 spiro atoms. The molecule has 1 aliphatic heterocycles. The van der Waals surface area contributed by atoms with Crippen LogP contribution in [0.2, 0.25) is 0 Å². The zero-order valence-electron chi connectivity index (χ0n) is 12.3. The predicted molar refractivity (Wildman–Crippen MR) is 75.0 cm³/mol. The average Bonchev–Trinajstić information content (AvgIpc) is 2.42. The van der Waals surface area contributed by atoms with Crippen LogP contribution in [-0.2, 0) is 9.47 Å². The van der Waals surface area contributed by atoms with Crippen molar-refractivity contribution in [2.24, 2.45) is 0 Å². The predicted octanol–water partition coefficient (Wildman–Crippen LogP) is 1.50. The number of likely N-dealkylation sites (tertiary alicyclic amines) is 1. The maximum atomic E-state index is 5.66. The van der Waals surface area contributed by atoms with Crippen LogP contribution in [0.1, 0.15) is 32.6 Å². The first-order chi connectivity index (χ1) is 8.79. The van der Waals surface area contributed by atoms with Crippen LogP contribution in [-0.4, -0.2) is 64.1 Å². The number of likely N-dealkylation sites (N-methyl/N-ethyl adjacent to an activating group) is 1. The summed E-state index contributed by atoms with van der Waals surface area (Å²) in [5, 5.41) is 3.38. The van der Waals surface area contributed by atoms with Crippen molar-refractivity contribution >= 4 is 0 Å². The lowest BCUT2D eigenvalue weighted by Crippen LogP contribution is -2.51. The molecule has 0 amide bonds. The zero-order chi connectivity index (χ0) is 13.2. The van der Waals surface area contributed by atoms with E-state index >= 15 is 0 Å². The van der Waals surface area contributed by atoms with Crippen LogP contribution < -0.4 is 5.32 Å². The largest absolute Gasteiger partial charge is 0.385 e. The van der Waals surface area contributed by atoms with Gasteiger partial charge in [0.1, 0.15) is 0 Å². The first-order valence-electron chi connectivity index (χ1n) is 7.27. The third-order valence-electron chi connectivity index (χ3n) is 3.86. The summed E-state index contributed by atoms with van der Waals surface area (Å²) in [5.41, 5.74) is 0. The van der Waals surface area contributed by atoms with Gasteiger partial charge in [0.2, 0.25) is 0 Å². The van der Waals surface area contributed by atoms with Crippen LogP contribution >= 0.6 is 0 Å². The Morgan fingerprint density at radius 2 is 2.11 bits per heavy atom. The quantitative estimate of drug-likeness (QED) is 0.636. The van der Waals surface area contributed by atoms with E-state index < -0.39 is 0 Å². The minimum absolute atomic E-state index is 0.568. The fraction of sp³-hybridized carbons (Fsp3) is 1.00. The van der Waals surface area contributed by atoms with Crippen LogP contribution in [0.4, 0.5) is 0 Å². The van der Waals surface area contributed by atoms with Gasteiger partial charge in [0, 0.05) is 39.0 Å². The number of ether oxygens (including phenoxy) is 2. The van der Waals surface area contributed by atoms with Crippen LogP contribution in [0.15, 0.2) is 0 Å². The van der Waals surface area contributed by atoms with Crippen molar-refractivity contribution in [2.75, 3.05) is 47.1 Å². The lowest BCUT2D eigenvalue weighted by Gasteiger charge is -2.39. The molecule has 0 aromatic carbocycles. The Bertz CT molecular complexity index is 202. The molecule has 1 N–H and O–H groups in total. The molecule has 1 fully saturated rings. The summed E-state index contributed by atoms with van der Waals surface area (Å²) in [6.45, 7) is 7.01. The molecule has 1 aliphatic rings. The Labute approximate surface area is 112 Å². The molecule has 0 radical (unpaired) electrons. The molecular weight excluding hydrogens is 228 g/mol. The third-order valence-corrected chi connectivity index (χ3v) is 3.86. The summed E-state index contributed by atoms with van der Waals surface area (Å²) in [7, 11) is 3.79. The van der Waals surface area contributed by atoms with Crippen molar-refractivity contribution in [1.29, 1.82) is 0 Å². The van der Waals surface area contributed by atoms with E-state index in [1.165, 1.54) is 25.8 Å². The maximum Gasteiger partial charge on any atom is 0.0593 e. The number of rotatable bonds is 9. The number of methoxy groups -OCH3 is 1. The molecule has 4 nitrogen and oxygen atoms in total. The van der Waals surface area contributed by atoms with E-state index in [0.29, 0.717) is 12.1 Å². The summed E-state index contributed by atoms with van der Waals surface area (Å²) in [6, 6.07) is 1.24. The minimum Gasteiger partial charge on any atom is -0.385 e. The highest BCUT2D eigenvalue weighted by atomic mass is 16.5. The van der Waals surface area contributed by atoms with Gasteiger partial charge in [-0.15, -0.1) is 0 Å². The maximum absolute atomic E-state index is 5.66. The van der Waals surface area contributed by atoms with Crippen molar-refractivity contribution < 1.29 is 9.47 Å². The SMILES string of the molecule is CNC(C)C1CCCCN1CCOCCCOC. The monoisotopic (exact) mass is 258 g/mol. The Morgan fingerprint density at radius 3 is 2.83 bits per heavy atom. The number of hydrogen-bond donors (Lipinski definition) is 1. The Kier molecular flexibility index (Phi) is 8.59. The molecule has 2 unspecified atom stereocenters. The van der Waals surface area contributed by atoms with Gasteiger partial charge >= 0.3 is 0 Å². The van der Waals surface area contributed by atoms with Gasteiger partial charge in [0.05, 0.1) is 6.61 Å². The van der Waals surface area contributed by atoms with Crippen LogP contribution in [0.5, 0.6) is 0 Å². The number of nitrogens with zero attached hydrogens (tertiary/aromatic N) is 1. The Morgan fingerprint density at radius 1 is 1.28 bits per heavy atom. The van der Waals surface area contributed by atoms with Crippen molar-refractivity contribution in [2.45, 2.75) is 44.7 Å². The van der Waals surface area contributed by atoms with Gasteiger partial charge in [0.25, 0.3) is 0 Å². The summed E-state index contributed by atoms with van der Waals surface area (Å²) in [5.74, 6) is 0. The lowest BCUT2D eigenvalue weighted by molar-refractivity contribution is 0.0534. The molecule has 1 saturated heterocycles. The van der Waals surface area contributed by atoms with Gasteiger partial charge in [0.15, 0.2) is 0 Å². The molecule has 0 saturated carbocycles. The second-order valence-electron chi connectivity index (χ2n) is 5.14. The Hall–Kier alpha value is -0.160. The van der Waals surface area contributed by atoms with E-state index in [9.17, 15) is 0 Å². The molecule has 0 aromatic rings. The summed E-state index contributed by atoms with van der Waals surface area (Å²) in [6.07, 6.45) is 5.00. The summed E-state index contributed by atoms with van der Waals surface area (Å²) in [4.78, 5) is 2.58. The van der Waals surface area contributed by atoms with Crippen LogP contribution in [0.3, 0.4) is 0 Å². The highest BCUT2D eigenvalue weighted by molar-refractivity contribution is 4.84. The van der Waals surface area contributed by atoms with Crippen LogP contribution in [0.25, 0.3) is 0 Å². The molecule has 0 aromatic heterocycles. The topological polar surface area (TPSA) is 33.7 Å². The van der Waals surface area contributed by atoms with Crippen molar-refractivity contribution in [3.63, 3.8) is 0 Å². The smallest absolute Gasteiger partial charge is 0.0593 e. The standard InChI is InChI=1S/C14H30N2O2/c1-13(15-2)14-7-4-5-8-16(14)9-12-18-11-6-10-17-3/h13-15H,4-12H2,1-3H3. The van der Waals surface area contributed by atoms with E-state index in [1.807, 2.05) is 0 Å². The Balaban J connectivity index is 2.17. The van der Waals surface area contributed by atoms with Crippen molar-refractivity contribution in [3.8, 4) is 0 Å². The fourth-order valence-electron chi connectivity index (χ4n) is 2.64. The molecule has 1 heterocycles. The van der Waals surface area contributed by atoms with Gasteiger partial charge in [-0.2, -0.15) is 0 Å². The lowest BCUT2D eigenvalue weighted by atomic mass is 9.96. The van der Waals surface area contributed by atoms with Gasteiger partial charge in [-0.1, -0.05) is 6.42 Å². The molecule has 18 heavy (non-hydrogen) atoms. The highest BCUT2D eigenvalue weighted by Gasteiger charge is 2.25. The number of piperidine rings is 1. The molecule has 108 valence electrons.